The summed E-state index contributed by atoms with van der Waals surface area (Å²) < 4.78 is 31.8. The minimum atomic E-state index is -0.537. The molecule has 1 atom stereocenters. The van der Waals surface area contributed by atoms with Gasteiger partial charge in [-0.05, 0) is 42.8 Å². The molecule has 0 aliphatic carbocycles. The van der Waals surface area contributed by atoms with Crippen molar-refractivity contribution in [2.24, 2.45) is 0 Å². The number of hydrogen-bond donors (Lipinski definition) is 1. The average molecular weight is 337 g/mol. The molecule has 3 nitrogen and oxygen atoms in total. The predicted molar refractivity (Wildman–Crippen MR) is 86.5 cm³/mol. The molecule has 0 radical (unpaired) electrons. The van der Waals surface area contributed by atoms with E-state index in [1.54, 1.807) is 14.0 Å². The lowest BCUT2D eigenvalue weighted by molar-refractivity contribution is -0.120. The lowest BCUT2D eigenvalue weighted by atomic mass is 10.2. The first-order valence-corrected chi connectivity index (χ1v) is 7.90. The smallest absolute Gasteiger partial charge is 0.233 e. The molecule has 0 aromatic heterocycles. The Kier molecular flexibility index (Phi) is 5.98. The van der Waals surface area contributed by atoms with Gasteiger partial charge in [0.05, 0.1) is 12.4 Å². The van der Waals surface area contributed by atoms with Crippen molar-refractivity contribution in [2.75, 3.05) is 7.11 Å². The van der Waals surface area contributed by atoms with Crippen LogP contribution in [0.4, 0.5) is 8.78 Å². The molecule has 1 amide bonds. The summed E-state index contributed by atoms with van der Waals surface area (Å²) in [4.78, 5) is 12.2. The van der Waals surface area contributed by atoms with E-state index in [1.165, 1.54) is 0 Å². The van der Waals surface area contributed by atoms with Crippen molar-refractivity contribution < 1.29 is 18.3 Å². The first-order chi connectivity index (χ1) is 11.0. The van der Waals surface area contributed by atoms with E-state index in [0.29, 0.717) is 6.54 Å². The number of thioether (sulfide) groups is 1. The average Bonchev–Trinajstić information content (AvgIpc) is 2.56. The molecule has 0 bridgehead atoms. The highest BCUT2D eigenvalue weighted by atomic mass is 32.2. The van der Waals surface area contributed by atoms with Crippen LogP contribution in [0.25, 0.3) is 0 Å². The van der Waals surface area contributed by atoms with Crippen molar-refractivity contribution in [1.82, 2.24) is 5.32 Å². The maximum atomic E-state index is 13.6. The Balaban J connectivity index is 1.90. The predicted octanol–water partition coefficient (Wildman–Crippen LogP) is 3.77. The monoisotopic (exact) mass is 337 g/mol. The van der Waals surface area contributed by atoms with Gasteiger partial charge in [-0.1, -0.05) is 12.1 Å². The van der Waals surface area contributed by atoms with E-state index in [1.807, 2.05) is 24.3 Å². The Labute approximate surface area is 138 Å². The summed E-state index contributed by atoms with van der Waals surface area (Å²) in [7, 11) is 1.58. The van der Waals surface area contributed by atoms with Gasteiger partial charge in [-0.2, -0.15) is 0 Å². The van der Waals surface area contributed by atoms with Gasteiger partial charge in [0, 0.05) is 11.4 Å². The second kappa shape index (κ2) is 7.97. The third-order valence-corrected chi connectivity index (χ3v) is 4.33. The molecule has 2 aromatic rings. The Morgan fingerprint density at radius 1 is 1.22 bits per heavy atom. The summed E-state index contributed by atoms with van der Waals surface area (Å²) in [5.74, 6) is -0.564. The van der Waals surface area contributed by atoms with Crippen molar-refractivity contribution >= 4 is 17.7 Å². The Morgan fingerprint density at radius 2 is 1.91 bits per heavy atom. The van der Waals surface area contributed by atoms with E-state index in [9.17, 15) is 13.6 Å². The molecule has 6 heteroatoms. The highest BCUT2D eigenvalue weighted by Crippen LogP contribution is 2.27. The van der Waals surface area contributed by atoms with Crippen molar-refractivity contribution in [3.8, 4) is 5.75 Å². The van der Waals surface area contributed by atoms with E-state index >= 15 is 0 Å². The zero-order valence-corrected chi connectivity index (χ0v) is 13.6. The van der Waals surface area contributed by atoms with E-state index in [-0.39, 0.29) is 10.8 Å². The van der Waals surface area contributed by atoms with Crippen LogP contribution < -0.4 is 10.1 Å². The molecule has 0 unspecified atom stereocenters. The molecule has 0 spiro atoms. The highest BCUT2D eigenvalue weighted by molar-refractivity contribution is 8.00. The molecular weight excluding hydrogens is 320 g/mol. The van der Waals surface area contributed by atoms with Crippen LogP contribution in [0.1, 0.15) is 12.5 Å². The SMILES string of the molecule is COc1ccc(CNC(=O)[C@@H](C)Sc2cc(F)ccc2F)cc1. The van der Waals surface area contributed by atoms with Crippen LogP contribution in [0.2, 0.25) is 0 Å². The van der Waals surface area contributed by atoms with Crippen LogP contribution in [0.15, 0.2) is 47.4 Å². The number of halogens is 2. The zero-order chi connectivity index (χ0) is 16.8. The quantitative estimate of drug-likeness (QED) is 0.816. The van der Waals surface area contributed by atoms with Gasteiger partial charge in [-0.15, -0.1) is 11.8 Å². The molecule has 0 aliphatic rings. The molecule has 2 rings (SSSR count). The molecule has 0 heterocycles. The lowest BCUT2D eigenvalue weighted by Crippen LogP contribution is -2.30. The number of methoxy groups -OCH3 is 1. The van der Waals surface area contributed by atoms with Gasteiger partial charge >= 0.3 is 0 Å². The largest absolute Gasteiger partial charge is 0.497 e. The van der Waals surface area contributed by atoms with Gasteiger partial charge in [0.1, 0.15) is 17.4 Å². The fourth-order valence-corrected chi connectivity index (χ4v) is 2.82. The number of carbonyl (C=O) groups excluding carboxylic acids is 1. The molecule has 122 valence electrons. The van der Waals surface area contributed by atoms with Crippen LogP contribution in [0, 0.1) is 11.6 Å². The maximum Gasteiger partial charge on any atom is 0.233 e. The topological polar surface area (TPSA) is 38.3 Å². The van der Waals surface area contributed by atoms with Gasteiger partial charge < -0.3 is 10.1 Å². The second-order valence-electron chi connectivity index (χ2n) is 4.90. The van der Waals surface area contributed by atoms with Crippen LogP contribution >= 0.6 is 11.8 Å². The third-order valence-electron chi connectivity index (χ3n) is 3.19. The summed E-state index contributed by atoms with van der Waals surface area (Å²) in [5, 5.41) is 2.24. The summed E-state index contributed by atoms with van der Waals surface area (Å²) in [6, 6.07) is 10.5. The Hall–Kier alpha value is -2.08. The number of hydrogen-bond acceptors (Lipinski definition) is 3. The Bertz CT molecular complexity index is 677. The number of nitrogens with one attached hydrogen (secondary N) is 1. The van der Waals surface area contributed by atoms with Crippen LogP contribution in [0.3, 0.4) is 0 Å². The van der Waals surface area contributed by atoms with Crippen molar-refractivity contribution in [3.05, 3.63) is 59.7 Å². The maximum absolute atomic E-state index is 13.6. The number of amides is 1. The molecule has 2 aromatic carbocycles. The summed E-state index contributed by atoms with van der Waals surface area (Å²) in [6.45, 7) is 2.01. The normalized spacial score (nSPS) is 11.8. The van der Waals surface area contributed by atoms with Gasteiger partial charge in [-0.25, -0.2) is 8.78 Å². The zero-order valence-electron chi connectivity index (χ0n) is 12.8. The van der Waals surface area contributed by atoms with E-state index in [4.69, 9.17) is 4.74 Å². The molecule has 0 fully saturated rings. The van der Waals surface area contributed by atoms with E-state index < -0.39 is 16.9 Å². The minimum Gasteiger partial charge on any atom is -0.497 e. The lowest BCUT2D eigenvalue weighted by Gasteiger charge is -2.13. The molecule has 23 heavy (non-hydrogen) atoms. The summed E-state index contributed by atoms with van der Waals surface area (Å²) in [6.07, 6.45) is 0. The van der Waals surface area contributed by atoms with Crippen LogP contribution in [0.5, 0.6) is 5.75 Å². The highest BCUT2D eigenvalue weighted by Gasteiger charge is 2.16. The van der Waals surface area contributed by atoms with Gasteiger partial charge in [0.15, 0.2) is 0 Å². The van der Waals surface area contributed by atoms with Gasteiger partial charge in [-0.3, -0.25) is 4.79 Å². The summed E-state index contributed by atoms with van der Waals surface area (Å²) in [5.41, 5.74) is 0.924. The van der Waals surface area contributed by atoms with Crippen molar-refractivity contribution in [3.63, 3.8) is 0 Å². The van der Waals surface area contributed by atoms with Crippen LogP contribution in [-0.4, -0.2) is 18.3 Å². The van der Waals surface area contributed by atoms with Crippen molar-refractivity contribution in [1.29, 1.82) is 0 Å². The standard InChI is InChI=1S/C17H17F2NO2S/c1-11(23-16-9-13(18)5-8-15(16)19)17(21)20-10-12-3-6-14(22-2)7-4-12/h3-9,11H,10H2,1-2H3,(H,20,21)/t11-/m1/s1. The first-order valence-electron chi connectivity index (χ1n) is 7.02. The number of rotatable bonds is 6. The van der Waals surface area contributed by atoms with Gasteiger partial charge in [0.25, 0.3) is 0 Å². The minimum absolute atomic E-state index is 0.122. The molecule has 0 saturated carbocycles. The van der Waals surface area contributed by atoms with Crippen LogP contribution in [-0.2, 0) is 11.3 Å². The molecular formula is C17H17F2NO2S. The van der Waals surface area contributed by atoms with E-state index in [2.05, 4.69) is 5.32 Å². The number of benzene rings is 2. The first kappa shape index (κ1) is 17.3. The third kappa shape index (κ3) is 4.96. The fraction of sp³-hybridized carbons (Fsp3) is 0.235. The molecule has 0 aliphatic heterocycles. The van der Waals surface area contributed by atoms with Gasteiger partial charge in [0.2, 0.25) is 5.91 Å². The molecule has 0 saturated heterocycles. The second-order valence-corrected chi connectivity index (χ2v) is 6.28. The van der Waals surface area contributed by atoms with Crippen molar-refractivity contribution in [2.45, 2.75) is 23.6 Å². The Morgan fingerprint density at radius 3 is 2.57 bits per heavy atom. The molecule has 1 N–H and O–H groups in total. The number of ether oxygens (including phenoxy) is 1. The summed E-state index contributed by atoms with van der Waals surface area (Å²) >= 11 is 0.987. The number of carbonyl (C=O) groups is 1. The van der Waals surface area contributed by atoms with E-state index in [0.717, 1.165) is 41.3 Å². The fourth-order valence-electron chi connectivity index (χ4n) is 1.89.